The fourth-order valence-corrected chi connectivity index (χ4v) is 2.18. The van der Waals surface area contributed by atoms with E-state index in [9.17, 15) is 9.59 Å². The van der Waals surface area contributed by atoms with Crippen LogP contribution in [0.3, 0.4) is 0 Å². The van der Waals surface area contributed by atoms with E-state index in [1.54, 1.807) is 0 Å². The molecule has 0 aliphatic rings. The number of esters is 1. The van der Waals surface area contributed by atoms with E-state index >= 15 is 0 Å². The molecule has 8 heteroatoms. The molecule has 0 saturated carbocycles. The third-order valence-corrected chi connectivity index (χ3v) is 3.39. The van der Waals surface area contributed by atoms with Crippen LogP contribution in [0.5, 0.6) is 0 Å². The minimum atomic E-state index is -1.75. The Balaban J connectivity index is 0.000000828. The lowest BCUT2D eigenvalue weighted by atomic mass is 10.0. The monoisotopic (exact) mass is 372 g/mol. The first-order chi connectivity index (χ1) is 12.8. The molecule has 0 saturated heterocycles. The summed E-state index contributed by atoms with van der Waals surface area (Å²) in [4.78, 5) is 32.6. The number of ketones is 1. The molecule has 0 radical (unpaired) electrons. The van der Waals surface area contributed by atoms with Crippen LogP contribution in [-0.4, -0.2) is 30.6 Å². The second-order valence-electron chi connectivity index (χ2n) is 5.56. The van der Waals surface area contributed by atoms with Gasteiger partial charge in [-0.05, 0) is 0 Å². The Morgan fingerprint density at radius 1 is 1.07 bits per heavy atom. The van der Waals surface area contributed by atoms with Crippen molar-refractivity contribution in [3.05, 3.63) is 99.3 Å². The molecule has 0 spiro atoms. The lowest BCUT2D eigenvalue weighted by molar-refractivity contribution is -0.911. The second-order valence-corrected chi connectivity index (χ2v) is 5.56. The molecule has 1 N–H and O–H groups in total. The molecular weight excluding hydrogens is 352 g/mol. The topological polar surface area (TPSA) is 114 Å². The number of carbonyl (C=O) groups is 2. The van der Waals surface area contributed by atoms with Gasteiger partial charge in [0.1, 0.15) is 6.54 Å². The highest BCUT2D eigenvalue weighted by Gasteiger charge is 2.10. The maximum absolute atomic E-state index is 12.3. The number of hydrogen-bond donors (Lipinski definition) is 1. The second kappa shape index (κ2) is 11.2. The van der Waals surface area contributed by atoms with Gasteiger partial charge in [0.25, 0.3) is 0 Å². The average molecular weight is 372 g/mol. The summed E-state index contributed by atoms with van der Waals surface area (Å²) in [6.45, 7) is 4.33. The standard InChI is InChI=1S/C19H19NO3.NO3/c1-3-18(21)23-14-20(2)13-15-9-11-17(12-10-15)19(22)16-7-5-4-6-8-16;2-1(3)4/h3-12H,1,13-14H2,2H3;/q;-1/p+1. The molecule has 27 heavy (non-hydrogen) atoms. The summed E-state index contributed by atoms with van der Waals surface area (Å²) in [6, 6.07) is 16.7. The van der Waals surface area contributed by atoms with Crippen LogP contribution in [0.25, 0.3) is 0 Å². The van der Waals surface area contributed by atoms with Crippen LogP contribution in [0, 0.1) is 15.3 Å². The summed E-state index contributed by atoms with van der Waals surface area (Å²) in [5, 5.41) is 14.8. The van der Waals surface area contributed by atoms with Crippen LogP contribution in [0.15, 0.2) is 67.3 Å². The maximum atomic E-state index is 12.3. The van der Waals surface area contributed by atoms with Gasteiger partial charge in [0.2, 0.25) is 6.73 Å². The number of hydrogen-bond acceptors (Lipinski definition) is 6. The van der Waals surface area contributed by atoms with E-state index in [1.807, 2.05) is 61.6 Å². The molecule has 142 valence electrons. The summed E-state index contributed by atoms with van der Waals surface area (Å²) < 4.78 is 5.00. The average Bonchev–Trinajstić information content (AvgIpc) is 2.66. The van der Waals surface area contributed by atoms with Gasteiger partial charge in [0, 0.05) is 22.8 Å². The predicted octanol–water partition coefficient (Wildman–Crippen LogP) is 1.38. The molecule has 0 aliphatic heterocycles. The van der Waals surface area contributed by atoms with E-state index in [4.69, 9.17) is 20.1 Å². The fourth-order valence-electron chi connectivity index (χ4n) is 2.18. The Bertz CT molecular complexity index is 771. The van der Waals surface area contributed by atoms with Crippen LogP contribution in [0.2, 0.25) is 0 Å². The van der Waals surface area contributed by atoms with Gasteiger partial charge in [0.15, 0.2) is 5.78 Å². The quantitative estimate of drug-likeness (QED) is 0.196. The Labute approximate surface area is 156 Å². The highest BCUT2D eigenvalue weighted by atomic mass is 16.9. The van der Waals surface area contributed by atoms with Crippen molar-refractivity contribution in [2.45, 2.75) is 6.54 Å². The van der Waals surface area contributed by atoms with Gasteiger partial charge in [-0.15, -0.1) is 0 Å². The molecular formula is C19H20N2O6. The third kappa shape index (κ3) is 8.41. The number of rotatable bonds is 7. The molecule has 1 unspecified atom stereocenters. The van der Waals surface area contributed by atoms with Crippen LogP contribution >= 0.6 is 0 Å². The molecule has 0 bridgehead atoms. The highest BCUT2D eigenvalue weighted by Crippen LogP contribution is 2.10. The van der Waals surface area contributed by atoms with E-state index in [2.05, 4.69) is 6.58 Å². The van der Waals surface area contributed by atoms with Gasteiger partial charge in [0.05, 0.1) is 12.1 Å². The van der Waals surface area contributed by atoms with E-state index in [1.165, 1.54) is 0 Å². The van der Waals surface area contributed by atoms with Crippen molar-refractivity contribution in [1.29, 1.82) is 0 Å². The SMILES string of the molecule is C=CC(=O)OC[NH+](C)Cc1ccc(C(=O)c2ccccc2)cc1.O=[N+]([O-])[O-]. The normalized spacial score (nSPS) is 10.7. The summed E-state index contributed by atoms with van der Waals surface area (Å²) >= 11 is 0. The molecule has 2 aromatic carbocycles. The van der Waals surface area contributed by atoms with E-state index in [0.717, 1.165) is 16.5 Å². The molecule has 2 rings (SSSR count). The van der Waals surface area contributed by atoms with E-state index in [-0.39, 0.29) is 12.5 Å². The molecule has 0 aromatic heterocycles. The van der Waals surface area contributed by atoms with E-state index in [0.29, 0.717) is 17.7 Å². The minimum Gasteiger partial charge on any atom is -0.412 e. The lowest BCUT2D eigenvalue weighted by Crippen LogP contribution is -3.08. The Morgan fingerprint density at radius 3 is 2.11 bits per heavy atom. The Kier molecular flexibility index (Phi) is 8.90. The largest absolute Gasteiger partial charge is 0.412 e. The number of quaternary nitrogens is 1. The first-order valence-electron chi connectivity index (χ1n) is 7.94. The lowest BCUT2D eigenvalue weighted by Gasteiger charge is -2.13. The van der Waals surface area contributed by atoms with Crippen molar-refractivity contribution in [2.24, 2.45) is 0 Å². The summed E-state index contributed by atoms with van der Waals surface area (Å²) in [7, 11) is 1.93. The highest BCUT2D eigenvalue weighted by molar-refractivity contribution is 6.08. The molecule has 0 fully saturated rings. The van der Waals surface area contributed by atoms with Gasteiger partial charge in [-0.25, -0.2) is 4.79 Å². The zero-order valence-corrected chi connectivity index (χ0v) is 14.8. The van der Waals surface area contributed by atoms with Gasteiger partial charge in [-0.3, -0.25) is 4.79 Å². The molecule has 0 aliphatic carbocycles. The van der Waals surface area contributed by atoms with Crippen molar-refractivity contribution in [2.75, 3.05) is 13.8 Å². The van der Waals surface area contributed by atoms with Crippen molar-refractivity contribution < 1.29 is 24.3 Å². The number of ether oxygens (including phenoxy) is 1. The van der Waals surface area contributed by atoms with Gasteiger partial charge >= 0.3 is 5.97 Å². The summed E-state index contributed by atoms with van der Waals surface area (Å²) in [5.74, 6) is -0.411. The molecule has 8 nitrogen and oxygen atoms in total. The van der Waals surface area contributed by atoms with Crippen molar-refractivity contribution in [3.8, 4) is 0 Å². The maximum Gasteiger partial charge on any atom is 0.334 e. The fraction of sp³-hybridized carbons (Fsp3) is 0.158. The van der Waals surface area contributed by atoms with Crippen LogP contribution in [0.1, 0.15) is 21.5 Å². The number of benzene rings is 2. The zero-order valence-electron chi connectivity index (χ0n) is 14.8. The van der Waals surface area contributed by atoms with Crippen LogP contribution in [0.4, 0.5) is 0 Å². The smallest absolute Gasteiger partial charge is 0.334 e. The van der Waals surface area contributed by atoms with Crippen LogP contribution < -0.4 is 4.90 Å². The molecule has 1 atom stereocenters. The number of nitrogens with one attached hydrogen (secondary N) is 1. The minimum absolute atomic E-state index is 0.0118. The van der Waals surface area contributed by atoms with Gasteiger partial charge in [-0.2, -0.15) is 0 Å². The predicted molar refractivity (Wildman–Crippen MR) is 98.4 cm³/mol. The van der Waals surface area contributed by atoms with Crippen molar-refractivity contribution in [3.63, 3.8) is 0 Å². The molecule has 0 amide bonds. The molecule has 2 aromatic rings. The summed E-state index contributed by atoms with van der Waals surface area (Å²) in [5.41, 5.74) is 2.41. The molecule has 0 heterocycles. The first kappa shape index (κ1) is 21.5. The van der Waals surface area contributed by atoms with Gasteiger partial charge in [-0.1, -0.05) is 61.2 Å². The Morgan fingerprint density at radius 2 is 1.59 bits per heavy atom. The van der Waals surface area contributed by atoms with Crippen molar-refractivity contribution >= 4 is 11.8 Å². The zero-order chi connectivity index (χ0) is 20.2. The summed E-state index contributed by atoms with van der Waals surface area (Å²) in [6.07, 6.45) is 1.15. The number of carbonyl (C=O) groups excluding carboxylic acids is 2. The Hall–Kier alpha value is -3.52. The first-order valence-corrected chi connectivity index (χ1v) is 7.94. The van der Waals surface area contributed by atoms with Crippen LogP contribution in [-0.2, 0) is 16.1 Å². The number of nitrogens with zero attached hydrogens (tertiary/aromatic N) is 1. The third-order valence-electron chi connectivity index (χ3n) is 3.39. The van der Waals surface area contributed by atoms with Gasteiger partial charge < -0.3 is 25.0 Å². The van der Waals surface area contributed by atoms with E-state index < -0.39 is 11.1 Å². The van der Waals surface area contributed by atoms with Crippen molar-refractivity contribution in [1.82, 2.24) is 0 Å².